The van der Waals surface area contributed by atoms with Crippen LogP contribution in [0.1, 0.15) is 63.1 Å². The second-order valence-electron chi connectivity index (χ2n) is 15.8. The summed E-state index contributed by atoms with van der Waals surface area (Å²) in [4.78, 5) is 115. The predicted molar refractivity (Wildman–Crippen MR) is 247 cm³/mol. The molecule has 0 unspecified atom stereocenters. The lowest BCUT2D eigenvalue weighted by Crippen LogP contribution is -2.61. The summed E-state index contributed by atoms with van der Waals surface area (Å²) >= 11 is 4.14. The van der Waals surface area contributed by atoms with Gasteiger partial charge in [0, 0.05) is 56.2 Å². The lowest BCUT2D eigenvalue weighted by Gasteiger charge is -2.29. The number of carboxylic acid groups (broad SMARTS) is 1. The molecule has 23 heteroatoms. The Morgan fingerprint density at radius 2 is 1.01 bits per heavy atom. The molecule has 10 N–H and O–H groups in total. The molecule has 3 aromatic carbocycles. The average molecular weight is 952 g/mol. The number of thiol groups is 1. The molecule has 362 valence electrons. The fourth-order valence-corrected chi connectivity index (χ4v) is 6.96. The van der Waals surface area contributed by atoms with Crippen LogP contribution < -0.4 is 37.6 Å². The average Bonchev–Trinajstić information content (AvgIpc) is 3.29. The van der Waals surface area contributed by atoms with Crippen molar-refractivity contribution in [3.05, 3.63) is 110 Å². The maximum Gasteiger partial charge on any atom is 0.326 e. The number of carbonyl (C=O) groups is 7. The molecule has 67 heavy (non-hydrogen) atoms. The van der Waals surface area contributed by atoms with Gasteiger partial charge in [0.2, 0.25) is 35.4 Å². The number of nitrogens with one attached hydrogen (secondary N) is 6. The quantitative estimate of drug-likeness (QED) is 0.0223. The minimum absolute atomic E-state index is 0.0295. The van der Waals surface area contributed by atoms with Crippen LogP contribution in [0, 0.1) is 26.1 Å². The van der Waals surface area contributed by atoms with E-state index in [4.69, 9.17) is 5.73 Å². The number of rotatable bonds is 27. The Labute approximate surface area is 391 Å². The zero-order valence-corrected chi connectivity index (χ0v) is 38.0. The van der Waals surface area contributed by atoms with E-state index in [1.807, 2.05) is 0 Å². The zero-order valence-electron chi connectivity index (χ0n) is 37.1. The second kappa shape index (κ2) is 26.7. The molecule has 0 aliphatic rings. The number of phenolic OH excluding ortho intramolecular Hbond substituents is 1. The summed E-state index contributed by atoms with van der Waals surface area (Å²) in [6, 6.07) is 7.64. The van der Waals surface area contributed by atoms with E-state index in [0.717, 1.165) is 0 Å². The van der Waals surface area contributed by atoms with Crippen LogP contribution in [0.4, 0.5) is 11.4 Å². The molecule has 0 aliphatic carbocycles. The van der Waals surface area contributed by atoms with Gasteiger partial charge in [-0.1, -0.05) is 56.7 Å². The van der Waals surface area contributed by atoms with Gasteiger partial charge in [-0.05, 0) is 60.5 Å². The molecule has 0 saturated carbocycles. The maximum absolute atomic E-state index is 14.4. The molecule has 0 saturated heterocycles. The highest BCUT2D eigenvalue weighted by Gasteiger charge is 2.35. The number of nitrogens with two attached hydrogens (primary N) is 1. The maximum atomic E-state index is 14.4. The van der Waals surface area contributed by atoms with Crippen molar-refractivity contribution in [2.75, 3.05) is 12.3 Å². The highest BCUT2D eigenvalue weighted by Crippen LogP contribution is 2.17. The van der Waals surface area contributed by atoms with Crippen molar-refractivity contribution in [3.8, 4) is 5.75 Å². The van der Waals surface area contributed by atoms with E-state index in [9.17, 15) is 64.0 Å². The molecule has 0 fully saturated rings. The fraction of sp³-hybridized carbons (Fsp3) is 0.432. The van der Waals surface area contributed by atoms with E-state index in [1.165, 1.54) is 79.7 Å². The molecule has 0 aliphatic heterocycles. The summed E-state index contributed by atoms with van der Waals surface area (Å²) in [7, 11) is 0. The Balaban J connectivity index is 1.99. The topological polar surface area (TPSA) is 344 Å². The van der Waals surface area contributed by atoms with Crippen LogP contribution in [0.2, 0.25) is 0 Å². The lowest BCUT2D eigenvalue weighted by atomic mass is 9.96. The zero-order chi connectivity index (χ0) is 49.8. The summed E-state index contributed by atoms with van der Waals surface area (Å²) in [6.07, 6.45) is 0.297. The van der Waals surface area contributed by atoms with Gasteiger partial charge in [0.1, 0.15) is 42.0 Å². The number of carboxylic acids is 1. The summed E-state index contributed by atoms with van der Waals surface area (Å²) in [5.41, 5.74) is 6.43. The molecule has 7 atom stereocenters. The molecular formula is C44H57N9O13S. The number of aromatic hydroxyl groups is 1. The normalized spacial score (nSPS) is 14.0. The molecule has 0 bridgehead atoms. The van der Waals surface area contributed by atoms with E-state index < -0.39 is 93.4 Å². The standard InChI is InChI=1S/C44H57N9O13S/c1-4-25(2)38(51-42(59)37(24-67)46-26(3)54)43(60)49-35(21-27-8-14-30(15-9-27)52(63)64)40(57)47-33(7-5-6-20-45)39(56)48-34(22-29-12-18-32(55)19-13-29)41(58)50-36(44(61)62)23-28-10-16-31(17-11-28)53(65)66/h8-19,25,33-38,55,67H,4-7,20-24,45H2,1-3H3,(H,46,54)(H,47,57)(H,48,56)(H,49,60)(H,50,58)(H,51,59)(H,61,62)/t25-,33-,34-,35-,36-,37-,38-/m0/s1. The number of benzene rings is 3. The van der Waals surface area contributed by atoms with Gasteiger partial charge in [-0.15, -0.1) is 0 Å². The van der Waals surface area contributed by atoms with E-state index in [-0.39, 0.29) is 55.1 Å². The van der Waals surface area contributed by atoms with Crippen molar-refractivity contribution in [3.63, 3.8) is 0 Å². The molecule has 0 spiro atoms. The van der Waals surface area contributed by atoms with Gasteiger partial charge in [-0.25, -0.2) is 4.79 Å². The Morgan fingerprint density at radius 1 is 0.612 bits per heavy atom. The van der Waals surface area contributed by atoms with Crippen LogP contribution in [0.25, 0.3) is 0 Å². The Bertz CT molecular complexity index is 2210. The van der Waals surface area contributed by atoms with Gasteiger partial charge >= 0.3 is 5.97 Å². The third kappa shape index (κ3) is 17.6. The van der Waals surface area contributed by atoms with Crippen molar-refractivity contribution >= 4 is 65.4 Å². The third-order valence-corrected chi connectivity index (χ3v) is 11.0. The van der Waals surface area contributed by atoms with E-state index in [2.05, 4.69) is 44.5 Å². The summed E-state index contributed by atoms with van der Waals surface area (Å²) in [5, 5.41) is 57.9. The van der Waals surface area contributed by atoms with Crippen LogP contribution in [0.15, 0.2) is 72.8 Å². The number of aliphatic carboxylic acids is 1. The number of nitrogens with zero attached hydrogens (tertiary/aromatic N) is 2. The molecular weight excluding hydrogens is 895 g/mol. The van der Waals surface area contributed by atoms with E-state index in [0.29, 0.717) is 36.0 Å². The Kier molecular flexibility index (Phi) is 21.6. The number of hydrogen-bond acceptors (Lipinski definition) is 14. The van der Waals surface area contributed by atoms with E-state index >= 15 is 0 Å². The van der Waals surface area contributed by atoms with Crippen molar-refractivity contribution in [1.29, 1.82) is 0 Å². The number of amides is 6. The third-order valence-electron chi connectivity index (χ3n) is 10.7. The first kappa shape index (κ1) is 54.2. The molecule has 0 aromatic heterocycles. The van der Waals surface area contributed by atoms with Gasteiger partial charge in [0.25, 0.3) is 11.4 Å². The summed E-state index contributed by atoms with van der Waals surface area (Å²) in [5.74, 6) is -6.90. The lowest BCUT2D eigenvalue weighted by molar-refractivity contribution is -0.385. The van der Waals surface area contributed by atoms with Gasteiger partial charge in [-0.3, -0.25) is 49.0 Å². The van der Waals surface area contributed by atoms with Crippen molar-refractivity contribution < 1.29 is 53.6 Å². The number of carbonyl (C=O) groups excluding carboxylic acids is 6. The molecule has 3 rings (SSSR count). The van der Waals surface area contributed by atoms with Gasteiger partial charge in [0.15, 0.2) is 0 Å². The monoisotopic (exact) mass is 951 g/mol. The van der Waals surface area contributed by atoms with Crippen LogP contribution >= 0.6 is 12.6 Å². The highest BCUT2D eigenvalue weighted by atomic mass is 32.1. The molecule has 3 aromatic rings. The Hall–Kier alpha value is -7.14. The Morgan fingerprint density at radius 3 is 1.43 bits per heavy atom. The summed E-state index contributed by atoms with van der Waals surface area (Å²) < 4.78 is 0. The van der Waals surface area contributed by atoms with Crippen LogP contribution in [-0.4, -0.2) is 110 Å². The van der Waals surface area contributed by atoms with Crippen molar-refractivity contribution in [1.82, 2.24) is 31.9 Å². The minimum atomic E-state index is -1.56. The SMILES string of the molecule is CC[C@H](C)[C@H](NC(=O)[C@H](CS)NC(C)=O)C(=O)N[C@@H](Cc1ccc([N+](=O)[O-])cc1)C(=O)N[C@@H](CCCCN)C(=O)N[C@@H](Cc1ccc(O)cc1)C(=O)N[C@@H](Cc1ccc([N+](=O)[O-])cc1)C(=O)O. The van der Waals surface area contributed by atoms with E-state index in [1.54, 1.807) is 13.8 Å². The van der Waals surface area contributed by atoms with Crippen molar-refractivity contribution in [2.24, 2.45) is 11.7 Å². The van der Waals surface area contributed by atoms with Crippen LogP contribution in [0.5, 0.6) is 5.75 Å². The van der Waals surface area contributed by atoms with Crippen LogP contribution in [0.3, 0.4) is 0 Å². The number of non-ortho nitro benzene ring substituents is 2. The number of phenols is 1. The number of hydrogen-bond donors (Lipinski definition) is 10. The summed E-state index contributed by atoms with van der Waals surface area (Å²) in [6.45, 7) is 4.88. The van der Waals surface area contributed by atoms with Gasteiger partial charge in [0.05, 0.1) is 9.85 Å². The minimum Gasteiger partial charge on any atom is -0.508 e. The fourth-order valence-electron chi connectivity index (χ4n) is 6.70. The molecule has 0 radical (unpaired) electrons. The predicted octanol–water partition coefficient (Wildman–Crippen LogP) is 1.35. The first-order chi connectivity index (χ1) is 31.8. The number of nitro groups is 2. The first-order valence-corrected chi connectivity index (χ1v) is 22.0. The van der Waals surface area contributed by atoms with Gasteiger partial charge < -0.3 is 47.8 Å². The number of unbranched alkanes of at least 4 members (excludes halogenated alkanes) is 1. The highest BCUT2D eigenvalue weighted by molar-refractivity contribution is 7.80. The van der Waals surface area contributed by atoms with Crippen molar-refractivity contribution in [2.45, 2.75) is 102 Å². The largest absolute Gasteiger partial charge is 0.508 e. The first-order valence-electron chi connectivity index (χ1n) is 21.3. The molecule has 22 nitrogen and oxygen atoms in total. The number of nitro benzene ring substituents is 2. The van der Waals surface area contributed by atoms with Gasteiger partial charge in [-0.2, -0.15) is 12.6 Å². The molecule has 0 heterocycles. The smallest absolute Gasteiger partial charge is 0.326 e. The van der Waals surface area contributed by atoms with Crippen LogP contribution in [-0.2, 0) is 52.8 Å². The second-order valence-corrected chi connectivity index (χ2v) is 16.2. The molecule has 6 amide bonds.